The topological polar surface area (TPSA) is 79.8 Å². The Bertz CT molecular complexity index is 1130. The average Bonchev–Trinajstić information content (AvgIpc) is 3.12. The summed E-state index contributed by atoms with van der Waals surface area (Å²) in [5.41, 5.74) is 2.81. The lowest BCUT2D eigenvalue weighted by Gasteiger charge is -2.08. The van der Waals surface area contributed by atoms with Gasteiger partial charge in [-0.25, -0.2) is 4.68 Å². The molecule has 4 rings (SSSR count). The third kappa shape index (κ3) is 3.25. The van der Waals surface area contributed by atoms with E-state index in [4.69, 9.17) is 0 Å². The monoisotopic (exact) mass is 344 g/mol. The van der Waals surface area contributed by atoms with Crippen molar-refractivity contribution < 1.29 is 4.79 Å². The Labute approximate surface area is 149 Å². The van der Waals surface area contributed by atoms with Gasteiger partial charge in [0.15, 0.2) is 0 Å². The molecule has 1 amide bonds. The van der Waals surface area contributed by atoms with Crippen LogP contribution in [-0.2, 0) is 11.3 Å². The zero-order chi connectivity index (χ0) is 17.9. The van der Waals surface area contributed by atoms with Gasteiger partial charge in [0.05, 0.1) is 5.69 Å². The molecule has 0 aliphatic carbocycles. The summed E-state index contributed by atoms with van der Waals surface area (Å²) >= 11 is 0. The van der Waals surface area contributed by atoms with Gasteiger partial charge in [0.1, 0.15) is 6.54 Å². The molecule has 0 aliphatic rings. The van der Waals surface area contributed by atoms with Crippen molar-refractivity contribution in [3.8, 4) is 11.3 Å². The number of aromatic nitrogens is 3. The highest BCUT2D eigenvalue weighted by atomic mass is 16.2. The molecule has 0 fully saturated rings. The molecule has 2 N–H and O–H groups in total. The lowest BCUT2D eigenvalue weighted by Crippen LogP contribution is -2.29. The molecule has 26 heavy (non-hydrogen) atoms. The molecule has 2 aromatic heterocycles. The highest BCUT2D eigenvalue weighted by molar-refractivity contribution is 5.93. The van der Waals surface area contributed by atoms with Crippen LogP contribution in [-0.4, -0.2) is 20.7 Å². The summed E-state index contributed by atoms with van der Waals surface area (Å²) in [6.45, 7) is -0.151. The fourth-order valence-corrected chi connectivity index (χ4v) is 2.79. The molecule has 0 unspecified atom stereocenters. The number of amides is 1. The van der Waals surface area contributed by atoms with Gasteiger partial charge in [0.25, 0.3) is 5.56 Å². The minimum Gasteiger partial charge on any atom is -0.361 e. The number of hydrogen-bond donors (Lipinski definition) is 2. The second-order valence-electron chi connectivity index (χ2n) is 5.91. The van der Waals surface area contributed by atoms with E-state index in [1.165, 1.54) is 10.7 Å². The van der Waals surface area contributed by atoms with Crippen LogP contribution in [0.2, 0.25) is 0 Å². The number of fused-ring (bicyclic) bond motifs is 1. The van der Waals surface area contributed by atoms with Crippen LogP contribution < -0.4 is 10.9 Å². The van der Waals surface area contributed by atoms with Gasteiger partial charge in [-0.2, -0.15) is 5.10 Å². The zero-order valence-electron chi connectivity index (χ0n) is 13.8. The van der Waals surface area contributed by atoms with E-state index in [1.54, 1.807) is 6.07 Å². The normalized spacial score (nSPS) is 10.8. The quantitative estimate of drug-likeness (QED) is 0.597. The average molecular weight is 344 g/mol. The first-order valence-corrected chi connectivity index (χ1v) is 8.20. The van der Waals surface area contributed by atoms with Gasteiger partial charge in [-0.3, -0.25) is 9.59 Å². The number of nitrogens with one attached hydrogen (secondary N) is 2. The number of H-pyrrole nitrogens is 1. The van der Waals surface area contributed by atoms with Crippen molar-refractivity contribution in [3.05, 3.63) is 83.3 Å². The lowest BCUT2D eigenvalue weighted by molar-refractivity contribution is -0.117. The highest BCUT2D eigenvalue weighted by Gasteiger charge is 2.09. The number of carbonyl (C=O) groups excluding carboxylic acids is 1. The summed E-state index contributed by atoms with van der Waals surface area (Å²) in [6.07, 6.45) is 1.84. The fraction of sp³-hybridized carbons (Fsp3) is 0.0500. The Morgan fingerprint density at radius 3 is 2.73 bits per heavy atom. The van der Waals surface area contributed by atoms with Gasteiger partial charge in [-0.05, 0) is 29.7 Å². The van der Waals surface area contributed by atoms with Crippen LogP contribution in [0, 0.1) is 0 Å². The number of rotatable bonds is 4. The molecule has 128 valence electrons. The van der Waals surface area contributed by atoms with E-state index >= 15 is 0 Å². The van der Waals surface area contributed by atoms with Gasteiger partial charge < -0.3 is 10.3 Å². The van der Waals surface area contributed by atoms with Gasteiger partial charge in [-0.1, -0.05) is 36.4 Å². The summed E-state index contributed by atoms with van der Waals surface area (Å²) in [6, 6.07) is 20.2. The van der Waals surface area contributed by atoms with Crippen molar-refractivity contribution in [2.45, 2.75) is 6.54 Å². The SMILES string of the molecule is O=C(Cn1nc(-c2ccccc2)ccc1=O)Nc1ccc2cc[nH]c2c1. The van der Waals surface area contributed by atoms with Crippen LogP contribution in [0.25, 0.3) is 22.2 Å². The molecular weight excluding hydrogens is 328 g/mol. The molecule has 6 nitrogen and oxygen atoms in total. The molecule has 0 bridgehead atoms. The molecular formula is C20H16N4O2. The van der Waals surface area contributed by atoms with Crippen molar-refractivity contribution in [1.29, 1.82) is 0 Å². The third-order valence-electron chi connectivity index (χ3n) is 4.07. The predicted molar refractivity (Wildman–Crippen MR) is 101 cm³/mol. The second-order valence-corrected chi connectivity index (χ2v) is 5.91. The van der Waals surface area contributed by atoms with Gasteiger partial charge in [0.2, 0.25) is 5.91 Å². The Morgan fingerprint density at radius 2 is 1.88 bits per heavy atom. The van der Waals surface area contributed by atoms with Crippen molar-refractivity contribution in [3.63, 3.8) is 0 Å². The van der Waals surface area contributed by atoms with E-state index in [-0.39, 0.29) is 18.0 Å². The fourth-order valence-electron chi connectivity index (χ4n) is 2.79. The van der Waals surface area contributed by atoms with E-state index in [2.05, 4.69) is 15.4 Å². The van der Waals surface area contributed by atoms with Crippen molar-refractivity contribution >= 4 is 22.5 Å². The zero-order valence-corrected chi connectivity index (χ0v) is 13.8. The number of carbonyl (C=O) groups is 1. The Hall–Kier alpha value is -3.67. The number of hydrogen-bond acceptors (Lipinski definition) is 3. The second kappa shape index (κ2) is 6.68. The molecule has 0 atom stereocenters. The molecule has 6 heteroatoms. The van der Waals surface area contributed by atoms with Gasteiger partial charge in [-0.15, -0.1) is 0 Å². The number of anilines is 1. The lowest BCUT2D eigenvalue weighted by atomic mass is 10.1. The van der Waals surface area contributed by atoms with Gasteiger partial charge in [0, 0.05) is 29.0 Å². The maximum absolute atomic E-state index is 12.3. The van der Waals surface area contributed by atoms with Crippen LogP contribution >= 0.6 is 0 Å². The summed E-state index contributed by atoms with van der Waals surface area (Å²) in [4.78, 5) is 27.5. The number of benzene rings is 2. The van der Waals surface area contributed by atoms with Crippen LogP contribution in [0.15, 0.2) is 77.7 Å². The van der Waals surface area contributed by atoms with E-state index in [0.717, 1.165) is 16.5 Å². The molecule has 0 spiro atoms. The maximum Gasteiger partial charge on any atom is 0.267 e. The molecule has 2 heterocycles. The molecule has 2 aromatic carbocycles. The number of aromatic amines is 1. The van der Waals surface area contributed by atoms with Crippen molar-refractivity contribution in [1.82, 2.24) is 14.8 Å². The molecule has 4 aromatic rings. The first-order chi connectivity index (χ1) is 12.7. The maximum atomic E-state index is 12.3. The van der Waals surface area contributed by atoms with Crippen LogP contribution in [0.1, 0.15) is 0 Å². The van der Waals surface area contributed by atoms with Gasteiger partial charge >= 0.3 is 0 Å². The predicted octanol–water partition coefficient (Wildman–Crippen LogP) is 3.03. The minimum absolute atomic E-state index is 0.151. The van der Waals surface area contributed by atoms with Crippen LogP contribution in [0.4, 0.5) is 5.69 Å². The summed E-state index contributed by atoms with van der Waals surface area (Å²) in [7, 11) is 0. The number of nitrogens with zero attached hydrogens (tertiary/aromatic N) is 2. The Morgan fingerprint density at radius 1 is 1.04 bits per heavy atom. The minimum atomic E-state index is -0.320. The smallest absolute Gasteiger partial charge is 0.267 e. The van der Waals surface area contributed by atoms with Crippen LogP contribution in [0.5, 0.6) is 0 Å². The summed E-state index contributed by atoms with van der Waals surface area (Å²) in [5, 5.41) is 8.17. The van der Waals surface area contributed by atoms with E-state index in [9.17, 15) is 9.59 Å². The molecule has 0 aliphatic heterocycles. The molecule has 0 saturated carbocycles. The van der Waals surface area contributed by atoms with Crippen molar-refractivity contribution in [2.75, 3.05) is 5.32 Å². The molecule has 0 radical (unpaired) electrons. The van der Waals surface area contributed by atoms with E-state index in [0.29, 0.717) is 11.4 Å². The summed E-state index contributed by atoms with van der Waals surface area (Å²) < 4.78 is 1.17. The van der Waals surface area contributed by atoms with Crippen LogP contribution in [0.3, 0.4) is 0 Å². The molecule has 0 saturated heterocycles. The first-order valence-electron chi connectivity index (χ1n) is 8.20. The Kier molecular flexibility index (Phi) is 4.07. The third-order valence-corrected chi connectivity index (χ3v) is 4.07. The van der Waals surface area contributed by atoms with E-state index in [1.807, 2.05) is 60.8 Å². The van der Waals surface area contributed by atoms with Crippen molar-refractivity contribution in [2.24, 2.45) is 0 Å². The Balaban J connectivity index is 1.54. The van der Waals surface area contributed by atoms with E-state index < -0.39 is 0 Å². The standard InChI is InChI=1S/C20H16N4O2/c25-19(22-16-7-6-15-10-11-21-18(15)12-16)13-24-20(26)9-8-17(23-24)14-4-2-1-3-5-14/h1-12,21H,13H2,(H,22,25). The largest absolute Gasteiger partial charge is 0.361 e. The first kappa shape index (κ1) is 15.8. The summed E-state index contributed by atoms with van der Waals surface area (Å²) in [5.74, 6) is -0.310. The highest BCUT2D eigenvalue weighted by Crippen LogP contribution is 2.18.